The first-order valence-electron chi connectivity index (χ1n) is 7.75. The molecule has 25 heavy (non-hydrogen) atoms. The van der Waals surface area contributed by atoms with Crippen molar-refractivity contribution in [2.45, 2.75) is 25.2 Å². The summed E-state index contributed by atoms with van der Waals surface area (Å²) < 4.78 is 37.6. The van der Waals surface area contributed by atoms with Crippen molar-refractivity contribution in [3.8, 4) is 0 Å². The highest BCUT2D eigenvalue weighted by Gasteiger charge is 2.47. The number of alkyl halides is 3. The highest BCUT2D eigenvalue weighted by molar-refractivity contribution is 5.99. The van der Waals surface area contributed by atoms with Gasteiger partial charge in [-0.15, -0.1) is 0 Å². The number of nitrogens with two attached hydrogens (primary N) is 1. The average molecular weight is 358 g/mol. The van der Waals surface area contributed by atoms with E-state index in [-0.39, 0.29) is 12.5 Å². The standard InChI is InChI=1S/C16H21F3N4O2/c1-10(9-21(2)15(25)16(17,18)19)13-12(20)14(24)23(22(13)3)11-7-5-4-6-8-11/h4-8,10,12-13H,9,20H2,1-3H3. The predicted octanol–water partition coefficient (Wildman–Crippen LogP) is 1.23. The molecule has 3 unspecified atom stereocenters. The Bertz CT molecular complexity index is 638. The normalized spacial score (nSPS) is 23.0. The Morgan fingerprint density at radius 1 is 1.32 bits per heavy atom. The van der Waals surface area contributed by atoms with Gasteiger partial charge in [-0.3, -0.25) is 9.59 Å². The molecular formula is C16H21F3N4O2. The molecule has 0 radical (unpaired) electrons. The molecule has 1 heterocycles. The second-order valence-corrected chi connectivity index (χ2v) is 6.24. The third-order valence-corrected chi connectivity index (χ3v) is 4.34. The van der Waals surface area contributed by atoms with Gasteiger partial charge in [-0.05, 0) is 18.1 Å². The maximum Gasteiger partial charge on any atom is 0.471 e. The number of hydrazine groups is 1. The van der Waals surface area contributed by atoms with Crippen LogP contribution in [0.3, 0.4) is 0 Å². The number of hydrogen-bond donors (Lipinski definition) is 1. The number of likely N-dealkylation sites (N-methyl/N-ethyl adjacent to an activating group) is 1. The molecule has 1 aromatic carbocycles. The summed E-state index contributed by atoms with van der Waals surface area (Å²) in [5, 5.41) is 3.04. The number of nitrogens with zero attached hydrogens (tertiary/aromatic N) is 3. The monoisotopic (exact) mass is 358 g/mol. The van der Waals surface area contributed by atoms with Crippen LogP contribution in [0.25, 0.3) is 0 Å². The molecule has 0 aromatic heterocycles. The Morgan fingerprint density at radius 2 is 1.88 bits per heavy atom. The number of anilines is 1. The maximum absolute atomic E-state index is 12.5. The van der Waals surface area contributed by atoms with Gasteiger partial charge in [0.15, 0.2) is 0 Å². The fraction of sp³-hybridized carbons (Fsp3) is 0.500. The first-order valence-corrected chi connectivity index (χ1v) is 7.75. The second kappa shape index (κ2) is 7.01. The number of carbonyl (C=O) groups is 2. The topological polar surface area (TPSA) is 69.9 Å². The first-order chi connectivity index (χ1) is 11.6. The van der Waals surface area contributed by atoms with Crippen molar-refractivity contribution in [1.29, 1.82) is 0 Å². The van der Waals surface area contributed by atoms with Crippen LogP contribution in [-0.4, -0.2) is 60.6 Å². The molecule has 2 rings (SSSR count). The number of rotatable bonds is 4. The van der Waals surface area contributed by atoms with Gasteiger partial charge in [-0.25, -0.2) is 10.0 Å². The van der Waals surface area contributed by atoms with E-state index in [1.54, 1.807) is 43.2 Å². The number of hydrogen-bond acceptors (Lipinski definition) is 4. The molecule has 3 atom stereocenters. The lowest BCUT2D eigenvalue weighted by Gasteiger charge is -2.33. The largest absolute Gasteiger partial charge is 0.471 e. The zero-order valence-electron chi connectivity index (χ0n) is 14.2. The summed E-state index contributed by atoms with van der Waals surface area (Å²) in [4.78, 5) is 24.4. The molecule has 0 bridgehead atoms. The summed E-state index contributed by atoms with van der Waals surface area (Å²) in [6.45, 7) is 1.50. The van der Waals surface area contributed by atoms with Crippen LogP contribution < -0.4 is 10.7 Å². The van der Waals surface area contributed by atoms with E-state index >= 15 is 0 Å². The van der Waals surface area contributed by atoms with Crippen molar-refractivity contribution in [2.75, 3.05) is 25.6 Å². The summed E-state index contributed by atoms with van der Waals surface area (Å²) in [6.07, 6.45) is -4.93. The van der Waals surface area contributed by atoms with Crippen LogP contribution >= 0.6 is 0 Å². The Kier molecular flexibility index (Phi) is 5.38. The van der Waals surface area contributed by atoms with Crippen molar-refractivity contribution < 1.29 is 22.8 Å². The predicted molar refractivity (Wildman–Crippen MR) is 86.3 cm³/mol. The third kappa shape index (κ3) is 3.77. The molecule has 1 fully saturated rings. The van der Waals surface area contributed by atoms with E-state index in [1.807, 2.05) is 6.07 Å². The molecule has 1 saturated heterocycles. The van der Waals surface area contributed by atoms with E-state index in [9.17, 15) is 22.8 Å². The van der Waals surface area contributed by atoms with Gasteiger partial charge in [0.1, 0.15) is 6.04 Å². The molecule has 6 nitrogen and oxygen atoms in total. The maximum atomic E-state index is 12.5. The Labute approximate surface area is 143 Å². The van der Waals surface area contributed by atoms with Crippen LogP contribution in [0.2, 0.25) is 0 Å². The Morgan fingerprint density at radius 3 is 2.40 bits per heavy atom. The van der Waals surface area contributed by atoms with Crippen LogP contribution in [0.15, 0.2) is 30.3 Å². The number of amides is 2. The fourth-order valence-electron chi connectivity index (χ4n) is 3.25. The van der Waals surface area contributed by atoms with Crippen LogP contribution in [0, 0.1) is 5.92 Å². The van der Waals surface area contributed by atoms with Crippen molar-refractivity contribution in [3.63, 3.8) is 0 Å². The van der Waals surface area contributed by atoms with Gasteiger partial charge in [-0.2, -0.15) is 13.2 Å². The molecule has 2 N–H and O–H groups in total. The Balaban J connectivity index is 2.16. The molecule has 2 amide bonds. The third-order valence-electron chi connectivity index (χ3n) is 4.34. The lowest BCUT2D eigenvalue weighted by Crippen LogP contribution is -2.50. The van der Waals surface area contributed by atoms with Crippen LogP contribution in [0.1, 0.15) is 6.92 Å². The number of halogens is 3. The van der Waals surface area contributed by atoms with E-state index < -0.39 is 30.1 Å². The minimum absolute atomic E-state index is 0.170. The summed E-state index contributed by atoms with van der Waals surface area (Å²) in [7, 11) is 2.74. The van der Waals surface area contributed by atoms with Crippen LogP contribution in [-0.2, 0) is 9.59 Å². The van der Waals surface area contributed by atoms with E-state index in [0.29, 0.717) is 10.6 Å². The number of benzene rings is 1. The Hall–Kier alpha value is -2.13. The minimum Gasteiger partial charge on any atom is -0.338 e. The molecule has 1 aliphatic rings. The molecule has 138 valence electrons. The average Bonchev–Trinajstić information content (AvgIpc) is 2.76. The van der Waals surface area contributed by atoms with Crippen LogP contribution in [0.4, 0.5) is 18.9 Å². The van der Waals surface area contributed by atoms with E-state index in [4.69, 9.17) is 5.73 Å². The molecule has 0 spiro atoms. The summed E-state index contributed by atoms with van der Waals surface area (Å²) in [5.41, 5.74) is 6.65. The lowest BCUT2D eigenvalue weighted by atomic mass is 9.95. The van der Waals surface area contributed by atoms with E-state index in [2.05, 4.69) is 0 Å². The second-order valence-electron chi connectivity index (χ2n) is 6.24. The van der Waals surface area contributed by atoms with Crippen molar-refractivity contribution in [1.82, 2.24) is 9.91 Å². The smallest absolute Gasteiger partial charge is 0.338 e. The first kappa shape index (κ1) is 19.2. The highest BCUT2D eigenvalue weighted by Crippen LogP contribution is 2.29. The lowest BCUT2D eigenvalue weighted by molar-refractivity contribution is -0.184. The molecule has 1 aliphatic heterocycles. The van der Waals surface area contributed by atoms with Gasteiger partial charge in [0.25, 0.3) is 5.91 Å². The molecule has 0 saturated carbocycles. The SMILES string of the molecule is CC(CN(C)C(=O)C(F)(F)F)C1C(N)C(=O)N(c2ccccc2)N1C. The van der Waals surface area contributed by atoms with Crippen molar-refractivity contribution >= 4 is 17.5 Å². The zero-order valence-corrected chi connectivity index (χ0v) is 14.2. The summed E-state index contributed by atoms with van der Waals surface area (Å²) in [6, 6.07) is 7.41. The van der Waals surface area contributed by atoms with Crippen molar-refractivity contribution in [3.05, 3.63) is 30.3 Å². The molecule has 1 aromatic rings. The number of para-hydroxylation sites is 1. The molecular weight excluding hydrogens is 337 g/mol. The van der Waals surface area contributed by atoms with Crippen molar-refractivity contribution in [2.24, 2.45) is 11.7 Å². The summed E-state index contributed by atoms with van der Waals surface area (Å²) in [5.74, 6) is -2.70. The fourth-order valence-corrected chi connectivity index (χ4v) is 3.25. The van der Waals surface area contributed by atoms with Gasteiger partial charge >= 0.3 is 12.1 Å². The van der Waals surface area contributed by atoms with Crippen LogP contribution in [0.5, 0.6) is 0 Å². The van der Waals surface area contributed by atoms with Gasteiger partial charge in [0.2, 0.25) is 0 Å². The van der Waals surface area contributed by atoms with Gasteiger partial charge in [0, 0.05) is 20.6 Å². The molecule has 0 aliphatic carbocycles. The molecule has 9 heteroatoms. The minimum atomic E-state index is -4.93. The van der Waals surface area contributed by atoms with E-state index in [1.165, 1.54) is 5.01 Å². The zero-order chi connectivity index (χ0) is 18.9. The number of carbonyl (C=O) groups excluding carboxylic acids is 2. The highest BCUT2D eigenvalue weighted by atomic mass is 19.4. The van der Waals surface area contributed by atoms with Gasteiger partial charge < -0.3 is 10.6 Å². The van der Waals surface area contributed by atoms with Gasteiger partial charge in [0.05, 0.1) is 11.7 Å². The quantitative estimate of drug-likeness (QED) is 0.879. The van der Waals surface area contributed by atoms with Gasteiger partial charge in [-0.1, -0.05) is 25.1 Å². The van der Waals surface area contributed by atoms with E-state index in [0.717, 1.165) is 7.05 Å². The summed E-state index contributed by atoms with van der Waals surface area (Å²) >= 11 is 0.